The monoisotopic (exact) mass is 403 g/mol. The number of H-pyrrole nitrogens is 1. The fourth-order valence-electron chi connectivity index (χ4n) is 2.88. The molecule has 0 bridgehead atoms. The zero-order valence-corrected chi connectivity index (χ0v) is 18.1. The van der Waals surface area contributed by atoms with Gasteiger partial charge in [-0.15, -0.1) is 0 Å². The highest BCUT2D eigenvalue weighted by Crippen LogP contribution is 2.14. The molecule has 0 aliphatic rings. The summed E-state index contributed by atoms with van der Waals surface area (Å²) < 4.78 is 4.98. The highest BCUT2D eigenvalue weighted by molar-refractivity contribution is 5.93. The van der Waals surface area contributed by atoms with Crippen molar-refractivity contribution in [3.05, 3.63) is 106 Å². The molecule has 0 radical (unpaired) electrons. The van der Waals surface area contributed by atoms with Crippen molar-refractivity contribution in [2.75, 3.05) is 0 Å². The number of benzene rings is 2. The van der Waals surface area contributed by atoms with Gasteiger partial charge < -0.3 is 9.40 Å². The molecule has 0 fully saturated rings. The van der Waals surface area contributed by atoms with Gasteiger partial charge in [0, 0.05) is 17.5 Å². The van der Waals surface area contributed by atoms with Gasteiger partial charge in [0.1, 0.15) is 5.76 Å². The SMILES string of the molecule is CC(=O)c1ccccc1.CCc1cc2cccc(C)c2[nH]c1=O.CCc1ccco1. The Balaban J connectivity index is 0.000000173. The Bertz CT molecular complexity index is 1110. The van der Waals surface area contributed by atoms with Gasteiger partial charge in [-0.3, -0.25) is 9.59 Å². The van der Waals surface area contributed by atoms with E-state index in [-0.39, 0.29) is 11.3 Å². The molecule has 0 atom stereocenters. The standard InChI is InChI=1S/C12H13NO.C8H8O.C6H8O/c1-3-9-7-10-6-4-5-8(2)11(10)13-12(9)14;1-7(9)8-5-3-2-4-6-8;1-2-6-4-3-5-7-6/h4-7H,3H2,1-2H3,(H,13,14);2-6H,1H3;3-5H,2H2,1H3. The third-order valence-electron chi connectivity index (χ3n) is 4.65. The molecule has 4 aromatic rings. The molecule has 2 aromatic heterocycles. The number of carbonyl (C=O) groups excluding carboxylic acids is 1. The summed E-state index contributed by atoms with van der Waals surface area (Å²) in [5, 5.41) is 1.11. The molecule has 0 saturated carbocycles. The average Bonchev–Trinajstić information content (AvgIpc) is 3.30. The van der Waals surface area contributed by atoms with Crippen LogP contribution in [0, 0.1) is 6.92 Å². The van der Waals surface area contributed by atoms with Crippen molar-refractivity contribution in [1.82, 2.24) is 4.98 Å². The molecule has 4 heteroatoms. The molecule has 0 aliphatic heterocycles. The Morgan fingerprint density at radius 1 is 0.933 bits per heavy atom. The van der Waals surface area contributed by atoms with Gasteiger partial charge in [-0.05, 0) is 49.4 Å². The Morgan fingerprint density at radius 2 is 1.67 bits per heavy atom. The van der Waals surface area contributed by atoms with Crippen LogP contribution < -0.4 is 5.56 Å². The van der Waals surface area contributed by atoms with Crippen LogP contribution in [0.5, 0.6) is 0 Å². The summed E-state index contributed by atoms with van der Waals surface area (Å²) in [5.74, 6) is 1.18. The van der Waals surface area contributed by atoms with Crippen molar-refractivity contribution in [3.8, 4) is 0 Å². The summed E-state index contributed by atoms with van der Waals surface area (Å²) in [6.45, 7) is 7.63. The lowest BCUT2D eigenvalue weighted by Gasteiger charge is -2.03. The number of hydrogen-bond donors (Lipinski definition) is 1. The number of ketones is 1. The summed E-state index contributed by atoms with van der Waals surface area (Å²) in [6, 6.07) is 21.1. The number of aromatic nitrogens is 1. The smallest absolute Gasteiger partial charge is 0.251 e. The first-order valence-electron chi connectivity index (χ1n) is 10.2. The van der Waals surface area contributed by atoms with Crippen LogP contribution in [0.25, 0.3) is 10.9 Å². The first-order chi connectivity index (χ1) is 14.5. The van der Waals surface area contributed by atoms with Crippen molar-refractivity contribution in [2.45, 2.75) is 40.5 Å². The van der Waals surface area contributed by atoms with Crippen LogP contribution >= 0.6 is 0 Å². The number of para-hydroxylation sites is 1. The van der Waals surface area contributed by atoms with Crippen molar-refractivity contribution < 1.29 is 9.21 Å². The number of carbonyl (C=O) groups is 1. The molecule has 4 nitrogen and oxygen atoms in total. The van der Waals surface area contributed by atoms with E-state index in [1.807, 2.05) is 80.6 Å². The number of Topliss-reactive ketones (excluding diaryl/α,β-unsaturated/α-hetero) is 1. The first-order valence-corrected chi connectivity index (χ1v) is 10.2. The maximum atomic E-state index is 11.6. The molecule has 0 spiro atoms. The van der Waals surface area contributed by atoms with E-state index in [9.17, 15) is 9.59 Å². The molecular weight excluding hydrogens is 374 g/mol. The Hall–Kier alpha value is -3.40. The Kier molecular flexibility index (Phi) is 8.82. The van der Waals surface area contributed by atoms with E-state index in [1.54, 1.807) is 13.2 Å². The van der Waals surface area contributed by atoms with Gasteiger partial charge in [-0.2, -0.15) is 0 Å². The second kappa shape index (κ2) is 11.6. The number of pyridine rings is 1. The third-order valence-corrected chi connectivity index (χ3v) is 4.65. The van der Waals surface area contributed by atoms with Gasteiger partial charge in [-0.1, -0.05) is 62.4 Å². The lowest BCUT2D eigenvalue weighted by molar-refractivity contribution is 0.101. The van der Waals surface area contributed by atoms with E-state index in [4.69, 9.17) is 4.42 Å². The first kappa shape index (κ1) is 22.9. The number of rotatable bonds is 3. The van der Waals surface area contributed by atoms with Gasteiger partial charge in [0.2, 0.25) is 0 Å². The summed E-state index contributed by atoms with van der Waals surface area (Å²) in [6.07, 6.45) is 3.46. The van der Waals surface area contributed by atoms with Gasteiger partial charge in [0.15, 0.2) is 5.78 Å². The van der Waals surface area contributed by atoms with Gasteiger partial charge >= 0.3 is 0 Å². The zero-order valence-electron chi connectivity index (χ0n) is 18.1. The van der Waals surface area contributed by atoms with E-state index in [1.165, 1.54) is 0 Å². The van der Waals surface area contributed by atoms with E-state index >= 15 is 0 Å². The summed E-state index contributed by atoms with van der Waals surface area (Å²) in [5.41, 5.74) is 3.73. The Labute approximate surface area is 177 Å². The Morgan fingerprint density at radius 3 is 2.17 bits per heavy atom. The molecule has 0 aliphatic carbocycles. The van der Waals surface area contributed by atoms with Crippen molar-refractivity contribution in [3.63, 3.8) is 0 Å². The predicted molar refractivity (Wildman–Crippen MR) is 123 cm³/mol. The quantitative estimate of drug-likeness (QED) is 0.419. The van der Waals surface area contributed by atoms with Gasteiger partial charge in [0.05, 0.1) is 11.8 Å². The highest BCUT2D eigenvalue weighted by Gasteiger charge is 2.01. The van der Waals surface area contributed by atoms with Crippen LogP contribution in [0.15, 0.2) is 82.2 Å². The normalized spacial score (nSPS) is 9.87. The molecule has 0 amide bonds. The summed E-state index contributed by atoms with van der Waals surface area (Å²) >= 11 is 0. The van der Waals surface area contributed by atoms with Crippen LogP contribution in [0.2, 0.25) is 0 Å². The maximum Gasteiger partial charge on any atom is 0.251 e. The molecule has 0 saturated heterocycles. The molecular formula is C26H29NO3. The van der Waals surface area contributed by atoms with E-state index in [0.717, 1.165) is 46.2 Å². The molecule has 30 heavy (non-hydrogen) atoms. The average molecular weight is 404 g/mol. The number of furan rings is 1. The van der Waals surface area contributed by atoms with Gasteiger partial charge in [0.25, 0.3) is 5.56 Å². The second-order valence-electron chi connectivity index (χ2n) is 6.87. The van der Waals surface area contributed by atoms with Crippen LogP contribution in [0.1, 0.15) is 48.0 Å². The summed E-state index contributed by atoms with van der Waals surface area (Å²) in [7, 11) is 0. The van der Waals surface area contributed by atoms with Crippen LogP contribution in [-0.4, -0.2) is 10.8 Å². The number of nitrogens with one attached hydrogen (secondary N) is 1. The lowest BCUT2D eigenvalue weighted by atomic mass is 10.1. The number of aromatic amines is 1. The maximum absolute atomic E-state index is 11.6. The predicted octanol–water partition coefficient (Wildman–Crippen LogP) is 6.13. The molecule has 156 valence electrons. The largest absolute Gasteiger partial charge is 0.469 e. The number of aryl methyl sites for hydroxylation is 3. The number of fused-ring (bicyclic) bond motifs is 1. The van der Waals surface area contributed by atoms with Crippen LogP contribution in [0.3, 0.4) is 0 Å². The van der Waals surface area contributed by atoms with E-state index in [0.29, 0.717) is 0 Å². The lowest BCUT2D eigenvalue weighted by Crippen LogP contribution is -2.11. The zero-order chi connectivity index (χ0) is 21.9. The number of hydrogen-bond acceptors (Lipinski definition) is 3. The molecule has 1 N–H and O–H groups in total. The molecule has 0 unspecified atom stereocenters. The second-order valence-corrected chi connectivity index (χ2v) is 6.87. The van der Waals surface area contributed by atoms with Crippen molar-refractivity contribution in [1.29, 1.82) is 0 Å². The van der Waals surface area contributed by atoms with Crippen LogP contribution in [-0.2, 0) is 12.8 Å². The fourth-order valence-corrected chi connectivity index (χ4v) is 2.88. The highest BCUT2D eigenvalue weighted by atomic mass is 16.3. The topological polar surface area (TPSA) is 63.1 Å². The molecule has 4 rings (SSSR count). The molecule has 2 aromatic carbocycles. The fraction of sp³-hybridized carbons (Fsp3) is 0.231. The van der Waals surface area contributed by atoms with E-state index in [2.05, 4.69) is 11.9 Å². The minimum atomic E-state index is 0.0364. The minimum absolute atomic E-state index is 0.0364. The molecule has 2 heterocycles. The van der Waals surface area contributed by atoms with Crippen molar-refractivity contribution >= 4 is 16.7 Å². The third kappa shape index (κ3) is 6.59. The van der Waals surface area contributed by atoms with E-state index < -0.39 is 0 Å². The summed E-state index contributed by atoms with van der Waals surface area (Å²) in [4.78, 5) is 25.1. The van der Waals surface area contributed by atoms with Gasteiger partial charge in [-0.25, -0.2) is 0 Å². The van der Waals surface area contributed by atoms with Crippen molar-refractivity contribution in [2.24, 2.45) is 0 Å². The minimum Gasteiger partial charge on any atom is -0.469 e. The van der Waals surface area contributed by atoms with Crippen LogP contribution in [0.4, 0.5) is 0 Å².